The Morgan fingerprint density at radius 2 is 2.22 bits per heavy atom. The van der Waals surface area contributed by atoms with Gasteiger partial charge in [0.25, 0.3) is 11.8 Å². The lowest BCUT2D eigenvalue weighted by atomic mass is 9.87. The van der Waals surface area contributed by atoms with Gasteiger partial charge >= 0.3 is 6.03 Å². The van der Waals surface area contributed by atoms with E-state index >= 15 is 0 Å². The first kappa shape index (κ1) is 15.8. The molecule has 1 aromatic carbocycles. The van der Waals surface area contributed by atoms with E-state index in [4.69, 9.17) is 11.6 Å². The van der Waals surface area contributed by atoms with Crippen molar-refractivity contribution >= 4 is 29.4 Å². The molecule has 4 amide bonds. The van der Waals surface area contributed by atoms with Gasteiger partial charge in [0.15, 0.2) is 0 Å². The maximum atomic E-state index is 12.4. The summed E-state index contributed by atoms with van der Waals surface area (Å²) in [6, 6.07) is 4.72. The molecule has 3 rings (SSSR count). The Morgan fingerprint density at radius 3 is 2.91 bits per heavy atom. The predicted octanol–water partition coefficient (Wildman–Crippen LogP) is 1.76. The number of benzene rings is 1. The molecule has 0 bridgehead atoms. The molecule has 0 radical (unpaired) electrons. The summed E-state index contributed by atoms with van der Waals surface area (Å²) in [6.45, 7) is 2.12. The third-order valence-electron chi connectivity index (χ3n) is 4.81. The van der Waals surface area contributed by atoms with Crippen molar-refractivity contribution in [2.45, 2.75) is 31.7 Å². The Morgan fingerprint density at radius 1 is 1.43 bits per heavy atom. The van der Waals surface area contributed by atoms with Crippen LogP contribution in [0.15, 0.2) is 18.2 Å². The molecule has 1 saturated heterocycles. The summed E-state index contributed by atoms with van der Waals surface area (Å²) in [6.07, 6.45) is 2.22. The molecule has 7 heteroatoms. The van der Waals surface area contributed by atoms with Crippen molar-refractivity contribution in [3.8, 4) is 0 Å². The average Bonchev–Trinajstić information content (AvgIpc) is 3.03. The molecule has 1 aliphatic carbocycles. The largest absolute Gasteiger partial charge is 0.352 e. The number of carbonyl (C=O) groups is 3. The highest BCUT2D eigenvalue weighted by Gasteiger charge is 2.54. The number of nitrogens with one attached hydrogen (secondary N) is 3. The maximum Gasteiger partial charge on any atom is 0.322 e. The van der Waals surface area contributed by atoms with Crippen molar-refractivity contribution in [2.24, 2.45) is 5.92 Å². The number of urea groups is 1. The van der Waals surface area contributed by atoms with Crippen LogP contribution in [-0.4, -0.2) is 29.9 Å². The van der Waals surface area contributed by atoms with E-state index in [-0.39, 0.29) is 17.7 Å². The monoisotopic (exact) mass is 335 g/mol. The number of hydrogen-bond acceptors (Lipinski definition) is 3. The molecule has 1 saturated carbocycles. The minimum Gasteiger partial charge on any atom is -0.352 e. The summed E-state index contributed by atoms with van der Waals surface area (Å²) in [7, 11) is 0. The van der Waals surface area contributed by atoms with Crippen LogP contribution < -0.4 is 16.0 Å². The molecule has 0 unspecified atom stereocenters. The van der Waals surface area contributed by atoms with Gasteiger partial charge in [0.2, 0.25) is 0 Å². The van der Waals surface area contributed by atoms with E-state index in [1.807, 2.05) is 0 Å². The van der Waals surface area contributed by atoms with Crippen molar-refractivity contribution in [2.75, 3.05) is 6.54 Å². The highest BCUT2D eigenvalue weighted by Crippen LogP contribution is 2.37. The predicted molar refractivity (Wildman–Crippen MR) is 85.3 cm³/mol. The summed E-state index contributed by atoms with van der Waals surface area (Å²) in [5, 5.41) is 8.44. The van der Waals surface area contributed by atoms with E-state index in [0.717, 1.165) is 18.4 Å². The molecular weight excluding hydrogens is 318 g/mol. The molecule has 23 heavy (non-hydrogen) atoms. The molecule has 2 atom stereocenters. The topological polar surface area (TPSA) is 87.3 Å². The molecule has 3 N–H and O–H groups in total. The van der Waals surface area contributed by atoms with Gasteiger partial charge in [0.05, 0.1) is 0 Å². The fourth-order valence-corrected chi connectivity index (χ4v) is 3.66. The van der Waals surface area contributed by atoms with Crippen LogP contribution in [-0.2, 0) is 4.79 Å². The number of hydrogen-bond donors (Lipinski definition) is 3. The van der Waals surface area contributed by atoms with Crippen molar-refractivity contribution in [1.82, 2.24) is 16.0 Å². The number of carbonyl (C=O) groups excluding carboxylic acids is 3. The van der Waals surface area contributed by atoms with Crippen molar-refractivity contribution in [1.29, 1.82) is 0 Å². The zero-order valence-corrected chi connectivity index (χ0v) is 13.5. The van der Waals surface area contributed by atoms with Crippen LogP contribution >= 0.6 is 11.6 Å². The van der Waals surface area contributed by atoms with Crippen LogP contribution in [0.1, 0.15) is 35.2 Å². The van der Waals surface area contributed by atoms with Gasteiger partial charge in [-0.2, -0.15) is 0 Å². The van der Waals surface area contributed by atoms with Gasteiger partial charge in [-0.05, 0) is 37.5 Å². The number of imide groups is 1. The fourth-order valence-electron chi connectivity index (χ4n) is 3.49. The quantitative estimate of drug-likeness (QED) is 0.735. The van der Waals surface area contributed by atoms with Crippen molar-refractivity contribution in [3.05, 3.63) is 34.3 Å². The SMILES string of the molecule is Cc1c(Cl)cccc1C(=O)NC[C@@H]1CCC[C@]12NC(=O)NC2=O. The Kier molecular flexibility index (Phi) is 4.02. The molecule has 0 aromatic heterocycles. The first-order chi connectivity index (χ1) is 10.9. The fraction of sp³-hybridized carbons (Fsp3) is 0.438. The molecule has 6 nitrogen and oxygen atoms in total. The molecule has 122 valence electrons. The molecule has 2 fully saturated rings. The Balaban J connectivity index is 1.70. The average molecular weight is 336 g/mol. The minimum atomic E-state index is -0.881. The first-order valence-corrected chi connectivity index (χ1v) is 7.99. The van der Waals surface area contributed by atoms with E-state index in [0.29, 0.717) is 23.6 Å². The van der Waals surface area contributed by atoms with E-state index in [1.54, 1.807) is 25.1 Å². The zero-order chi connectivity index (χ0) is 16.6. The third kappa shape index (κ3) is 2.67. The van der Waals surface area contributed by atoms with E-state index < -0.39 is 11.6 Å². The lowest BCUT2D eigenvalue weighted by molar-refractivity contribution is -0.125. The lowest BCUT2D eigenvalue weighted by Crippen LogP contribution is -2.53. The van der Waals surface area contributed by atoms with Crippen LogP contribution in [0.25, 0.3) is 0 Å². The van der Waals surface area contributed by atoms with Gasteiger partial charge in [-0.1, -0.05) is 24.1 Å². The van der Waals surface area contributed by atoms with Crippen molar-refractivity contribution in [3.63, 3.8) is 0 Å². The molecule has 2 aliphatic rings. The minimum absolute atomic E-state index is 0.114. The number of halogens is 1. The summed E-state index contributed by atoms with van der Waals surface area (Å²) in [4.78, 5) is 35.9. The van der Waals surface area contributed by atoms with Gasteiger partial charge in [0.1, 0.15) is 5.54 Å². The molecule has 1 heterocycles. The van der Waals surface area contributed by atoms with Gasteiger partial charge < -0.3 is 10.6 Å². The van der Waals surface area contributed by atoms with Crippen LogP contribution in [0, 0.1) is 12.8 Å². The summed E-state index contributed by atoms with van der Waals surface area (Å²) >= 11 is 6.04. The van der Waals surface area contributed by atoms with E-state index in [9.17, 15) is 14.4 Å². The Bertz CT molecular complexity index is 691. The van der Waals surface area contributed by atoms with Crippen LogP contribution in [0.3, 0.4) is 0 Å². The second kappa shape index (κ2) is 5.85. The summed E-state index contributed by atoms with van der Waals surface area (Å²) < 4.78 is 0. The molecule has 1 aliphatic heterocycles. The second-order valence-corrected chi connectivity index (χ2v) is 6.50. The highest BCUT2D eigenvalue weighted by atomic mass is 35.5. The third-order valence-corrected chi connectivity index (χ3v) is 5.22. The van der Waals surface area contributed by atoms with Gasteiger partial charge in [-0.15, -0.1) is 0 Å². The molecular formula is C16H18ClN3O3. The summed E-state index contributed by atoms with van der Waals surface area (Å²) in [5.74, 6) is -0.632. The zero-order valence-electron chi connectivity index (χ0n) is 12.7. The first-order valence-electron chi connectivity index (χ1n) is 7.61. The standard InChI is InChI=1S/C16H18ClN3O3/c1-9-11(5-2-6-12(9)17)13(21)18-8-10-4-3-7-16(10)14(22)19-15(23)20-16/h2,5-6,10H,3-4,7-8H2,1H3,(H,18,21)(H2,19,20,22,23)/t10-,16-/m0/s1. The van der Waals surface area contributed by atoms with E-state index in [1.165, 1.54) is 0 Å². The number of amides is 4. The van der Waals surface area contributed by atoms with Crippen LogP contribution in [0.2, 0.25) is 5.02 Å². The van der Waals surface area contributed by atoms with Crippen molar-refractivity contribution < 1.29 is 14.4 Å². The molecule has 1 spiro atoms. The summed E-state index contributed by atoms with van der Waals surface area (Å²) in [5.41, 5.74) is 0.359. The van der Waals surface area contributed by atoms with Crippen LogP contribution in [0.4, 0.5) is 4.79 Å². The lowest BCUT2D eigenvalue weighted by Gasteiger charge is -2.28. The van der Waals surface area contributed by atoms with Gasteiger partial charge in [-0.3, -0.25) is 14.9 Å². The Labute approximate surface area is 139 Å². The normalized spacial score (nSPS) is 26.3. The smallest absolute Gasteiger partial charge is 0.322 e. The molecule has 1 aromatic rings. The van der Waals surface area contributed by atoms with Gasteiger partial charge in [0, 0.05) is 23.0 Å². The van der Waals surface area contributed by atoms with Crippen LogP contribution in [0.5, 0.6) is 0 Å². The second-order valence-electron chi connectivity index (χ2n) is 6.09. The van der Waals surface area contributed by atoms with Gasteiger partial charge in [-0.25, -0.2) is 4.79 Å². The Hall–Kier alpha value is -2.08. The maximum absolute atomic E-state index is 12.4. The number of rotatable bonds is 3. The van der Waals surface area contributed by atoms with E-state index in [2.05, 4.69) is 16.0 Å². The highest BCUT2D eigenvalue weighted by molar-refractivity contribution is 6.31.